The summed E-state index contributed by atoms with van der Waals surface area (Å²) in [4.78, 5) is 0.470. The van der Waals surface area contributed by atoms with Crippen LogP contribution in [0.4, 0.5) is 8.78 Å². The van der Waals surface area contributed by atoms with Crippen LogP contribution < -0.4 is 5.32 Å². The highest BCUT2D eigenvalue weighted by Crippen LogP contribution is 2.24. The average molecular weight is 284 g/mol. The van der Waals surface area contributed by atoms with Gasteiger partial charge in [-0.1, -0.05) is 0 Å². The van der Waals surface area contributed by atoms with Gasteiger partial charge in [0.25, 0.3) is 0 Å². The molecule has 0 aliphatic rings. The number of rotatable bonds is 7. The zero-order valence-corrected chi connectivity index (χ0v) is 12.0. The molecule has 104 valence electrons. The molecule has 0 aliphatic heterocycles. The standard InChI is InChI=1S/C14H18F2N2S/c1-14(10-17,18-2)7-3-4-8-19-13-6-5-11(15)9-12(13)16/h5-6,9,18H,3-4,7-8H2,1-2H3. The quantitative estimate of drug-likeness (QED) is 0.612. The lowest BCUT2D eigenvalue weighted by Gasteiger charge is -2.20. The lowest BCUT2D eigenvalue weighted by molar-refractivity contribution is 0.439. The van der Waals surface area contributed by atoms with Crippen LogP contribution in [0.25, 0.3) is 0 Å². The molecule has 0 radical (unpaired) electrons. The molecular formula is C14H18F2N2S. The van der Waals surface area contributed by atoms with Crippen LogP contribution in [-0.4, -0.2) is 18.3 Å². The summed E-state index contributed by atoms with van der Waals surface area (Å²) in [6.45, 7) is 1.86. The molecule has 0 saturated heterocycles. The Morgan fingerprint density at radius 2 is 2.11 bits per heavy atom. The first-order valence-corrected chi connectivity index (χ1v) is 7.17. The van der Waals surface area contributed by atoms with E-state index in [0.29, 0.717) is 4.90 Å². The number of hydrogen-bond donors (Lipinski definition) is 1. The van der Waals surface area contributed by atoms with Crippen LogP contribution in [0, 0.1) is 23.0 Å². The number of nitrogens with one attached hydrogen (secondary N) is 1. The maximum absolute atomic E-state index is 13.3. The first-order valence-electron chi connectivity index (χ1n) is 6.19. The molecule has 2 nitrogen and oxygen atoms in total. The number of unbranched alkanes of at least 4 members (excludes halogenated alkanes) is 1. The van der Waals surface area contributed by atoms with Crippen molar-refractivity contribution in [2.45, 2.75) is 36.6 Å². The summed E-state index contributed by atoms with van der Waals surface area (Å²) in [6, 6.07) is 5.86. The van der Waals surface area contributed by atoms with Crippen molar-refractivity contribution in [1.82, 2.24) is 5.32 Å². The van der Waals surface area contributed by atoms with E-state index < -0.39 is 17.2 Å². The third-order valence-electron chi connectivity index (χ3n) is 3.02. The molecule has 5 heteroatoms. The summed E-state index contributed by atoms with van der Waals surface area (Å²) >= 11 is 1.38. The molecule has 0 spiro atoms. The second-order valence-electron chi connectivity index (χ2n) is 4.57. The molecule has 1 N–H and O–H groups in total. The summed E-state index contributed by atoms with van der Waals surface area (Å²) in [5.41, 5.74) is -0.494. The molecule has 1 aromatic rings. The molecule has 0 fully saturated rings. The van der Waals surface area contributed by atoms with Gasteiger partial charge in [-0.3, -0.25) is 0 Å². The van der Waals surface area contributed by atoms with E-state index >= 15 is 0 Å². The molecule has 0 aromatic heterocycles. The molecule has 1 unspecified atom stereocenters. The third kappa shape index (κ3) is 5.17. The Balaban J connectivity index is 2.30. The number of halogens is 2. The van der Waals surface area contributed by atoms with Gasteiger partial charge < -0.3 is 5.32 Å². The summed E-state index contributed by atoms with van der Waals surface area (Å²) in [5, 5.41) is 12.0. The maximum Gasteiger partial charge on any atom is 0.139 e. The van der Waals surface area contributed by atoms with Crippen LogP contribution in [-0.2, 0) is 0 Å². The minimum Gasteiger partial charge on any atom is -0.303 e. The maximum atomic E-state index is 13.3. The van der Waals surface area contributed by atoms with Gasteiger partial charge in [-0.15, -0.1) is 11.8 Å². The molecule has 0 saturated carbocycles. The highest BCUT2D eigenvalue weighted by atomic mass is 32.2. The van der Waals surface area contributed by atoms with Gasteiger partial charge in [-0.25, -0.2) is 8.78 Å². The summed E-state index contributed by atoms with van der Waals surface area (Å²) in [6.07, 6.45) is 2.54. The smallest absolute Gasteiger partial charge is 0.139 e. The van der Waals surface area contributed by atoms with Crippen molar-refractivity contribution in [2.75, 3.05) is 12.8 Å². The third-order valence-corrected chi connectivity index (χ3v) is 4.16. The van der Waals surface area contributed by atoms with E-state index in [4.69, 9.17) is 5.26 Å². The molecule has 1 rings (SSSR count). The minimum atomic E-state index is -0.555. The van der Waals surface area contributed by atoms with Crippen LogP contribution in [0.1, 0.15) is 26.2 Å². The van der Waals surface area contributed by atoms with Crippen LogP contribution in [0.2, 0.25) is 0 Å². The monoisotopic (exact) mass is 284 g/mol. The highest BCUT2D eigenvalue weighted by molar-refractivity contribution is 7.99. The Hall–Kier alpha value is -1.12. The predicted molar refractivity (Wildman–Crippen MR) is 74.0 cm³/mol. The SMILES string of the molecule is CNC(C)(C#N)CCCCSc1ccc(F)cc1F. The Morgan fingerprint density at radius 1 is 1.37 bits per heavy atom. The molecule has 0 heterocycles. The normalized spacial score (nSPS) is 13.8. The summed E-state index contributed by atoms with van der Waals surface area (Å²) < 4.78 is 26.1. The fraction of sp³-hybridized carbons (Fsp3) is 0.500. The van der Waals surface area contributed by atoms with Gasteiger partial charge in [0, 0.05) is 11.0 Å². The Labute approximate surface area is 117 Å². The molecule has 0 amide bonds. The molecular weight excluding hydrogens is 266 g/mol. The number of nitrogens with zero attached hydrogens (tertiary/aromatic N) is 1. The zero-order valence-electron chi connectivity index (χ0n) is 11.2. The zero-order chi connectivity index (χ0) is 14.3. The largest absolute Gasteiger partial charge is 0.303 e. The highest BCUT2D eigenvalue weighted by Gasteiger charge is 2.19. The Bertz CT molecular complexity index is 459. The van der Waals surface area contributed by atoms with Crippen LogP contribution in [0.3, 0.4) is 0 Å². The fourth-order valence-corrected chi connectivity index (χ4v) is 2.52. The Morgan fingerprint density at radius 3 is 2.68 bits per heavy atom. The van der Waals surface area contributed by atoms with Crippen molar-refractivity contribution >= 4 is 11.8 Å². The summed E-state index contributed by atoms with van der Waals surface area (Å²) in [7, 11) is 1.77. The van der Waals surface area contributed by atoms with E-state index in [1.165, 1.54) is 23.9 Å². The van der Waals surface area contributed by atoms with Crippen molar-refractivity contribution in [3.05, 3.63) is 29.8 Å². The molecule has 19 heavy (non-hydrogen) atoms. The second kappa shape index (κ2) is 7.46. The second-order valence-corrected chi connectivity index (χ2v) is 5.71. The number of thioether (sulfide) groups is 1. The van der Waals surface area contributed by atoms with E-state index in [0.717, 1.165) is 31.1 Å². The van der Waals surface area contributed by atoms with Gasteiger partial charge in [-0.2, -0.15) is 5.26 Å². The van der Waals surface area contributed by atoms with Crippen molar-refractivity contribution in [2.24, 2.45) is 0 Å². The van der Waals surface area contributed by atoms with E-state index in [9.17, 15) is 8.78 Å². The Kier molecular flexibility index (Phi) is 6.26. The van der Waals surface area contributed by atoms with Crippen LogP contribution in [0.15, 0.2) is 23.1 Å². The predicted octanol–water partition coefficient (Wildman–Crippen LogP) is 3.73. The molecule has 1 atom stereocenters. The molecule has 1 aromatic carbocycles. The van der Waals surface area contributed by atoms with Gasteiger partial charge in [0.15, 0.2) is 0 Å². The van der Waals surface area contributed by atoms with Crippen molar-refractivity contribution < 1.29 is 8.78 Å². The number of hydrogen-bond acceptors (Lipinski definition) is 3. The fourth-order valence-electron chi connectivity index (χ4n) is 1.59. The van der Waals surface area contributed by atoms with Gasteiger partial charge in [0.05, 0.1) is 6.07 Å². The first-order chi connectivity index (χ1) is 9.00. The van der Waals surface area contributed by atoms with Gasteiger partial charge in [-0.05, 0) is 51.1 Å². The number of nitriles is 1. The number of benzene rings is 1. The molecule has 0 aliphatic carbocycles. The van der Waals surface area contributed by atoms with Gasteiger partial charge >= 0.3 is 0 Å². The lowest BCUT2D eigenvalue weighted by Crippen LogP contribution is -2.37. The van der Waals surface area contributed by atoms with E-state index in [1.807, 2.05) is 6.92 Å². The van der Waals surface area contributed by atoms with Gasteiger partial charge in [0.1, 0.15) is 17.2 Å². The van der Waals surface area contributed by atoms with E-state index in [-0.39, 0.29) is 0 Å². The van der Waals surface area contributed by atoms with Crippen molar-refractivity contribution in [3.8, 4) is 6.07 Å². The van der Waals surface area contributed by atoms with E-state index in [1.54, 1.807) is 7.05 Å². The first kappa shape index (κ1) is 15.9. The van der Waals surface area contributed by atoms with Crippen LogP contribution in [0.5, 0.6) is 0 Å². The summed E-state index contributed by atoms with van der Waals surface area (Å²) in [5.74, 6) is -0.309. The van der Waals surface area contributed by atoms with Crippen LogP contribution >= 0.6 is 11.8 Å². The van der Waals surface area contributed by atoms with Crippen molar-refractivity contribution in [3.63, 3.8) is 0 Å². The van der Waals surface area contributed by atoms with Gasteiger partial charge in [0.2, 0.25) is 0 Å². The van der Waals surface area contributed by atoms with E-state index in [2.05, 4.69) is 11.4 Å². The molecule has 0 bridgehead atoms. The lowest BCUT2D eigenvalue weighted by atomic mass is 9.97. The van der Waals surface area contributed by atoms with Crippen molar-refractivity contribution in [1.29, 1.82) is 5.26 Å². The average Bonchev–Trinajstić information content (AvgIpc) is 2.40. The topological polar surface area (TPSA) is 35.8 Å². The minimum absolute atomic E-state index is 0.470.